The van der Waals surface area contributed by atoms with Crippen molar-refractivity contribution in [2.45, 2.75) is 33.1 Å². The summed E-state index contributed by atoms with van der Waals surface area (Å²) in [4.78, 5) is 2.58. The second kappa shape index (κ2) is 8.35. The molecule has 0 spiro atoms. The topological polar surface area (TPSA) is 27.3 Å². The summed E-state index contributed by atoms with van der Waals surface area (Å²) >= 11 is 5.33. The van der Waals surface area contributed by atoms with Gasteiger partial charge in [-0.15, -0.1) is 0 Å². The zero-order valence-electron chi connectivity index (χ0n) is 13.2. The first-order valence-corrected chi connectivity index (χ1v) is 8.38. The van der Waals surface area contributed by atoms with E-state index in [9.17, 15) is 0 Å². The Bertz CT molecular complexity index is 461. The zero-order chi connectivity index (χ0) is 15.1. The second-order valence-corrected chi connectivity index (χ2v) is 6.56. The van der Waals surface area contributed by atoms with Gasteiger partial charge in [0.15, 0.2) is 5.11 Å². The van der Waals surface area contributed by atoms with Crippen LogP contribution in [0.3, 0.4) is 0 Å². The molecular formula is C17H27N3S. The standard InChI is InChI=1S/C17H27N3S/c1-14-6-3-8-16(12-14)19-17(21)18-9-5-11-20-10-4-7-15(2)13-20/h3,6,8,12,15H,4-5,7,9-11,13H2,1-2H3,(H2,18,19,21). The van der Waals surface area contributed by atoms with Gasteiger partial charge in [0, 0.05) is 18.8 Å². The Kier molecular flexibility index (Phi) is 6.46. The Morgan fingerprint density at radius 3 is 3.05 bits per heavy atom. The fourth-order valence-corrected chi connectivity index (χ4v) is 3.11. The minimum atomic E-state index is 0.715. The Labute approximate surface area is 134 Å². The largest absolute Gasteiger partial charge is 0.362 e. The van der Waals surface area contributed by atoms with Gasteiger partial charge < -0.3 is 15.5 Å². The van der Waals surface area contributed by atoms with E-state index in [1.807, 2.05) is 12.1 Å². The molecule has 0 saturated carbocycles. The molecule has 116 valence electrons. The summed E-state index contributed by atoms with van der Waals surface area (Å²) in [6.07, 6.45) is 3.88. The van der Waals surface area contributed by atoms with E-state index in [2.05, 4.69) is 41.5 Å². The van der Waals surface area contributed by atoms with Crippen LogP contribution in [0.1, 0.15) is 31.7 Å². The van der Waals surface area contributed by atoms with Crippen LogP contribution < -0.4 is 10.6 Å². The van der Waals surface area contributed by atoms with E-state index in [0.717, 1.165) is 24.6 Å². The van der Waals surface area contributed by atoms with Crippen LogP contribution in [0.4, 0.5) is 5.69 Å². The van der Waals surface area contributed by atoms with Gasteiger partial charge in [0.1, 0.15) is 0 Å². The number of nitrogens with one attached hydrogen (secondary N) is 2. The number of piperidine rings is 1. The van der Waals surface area contributed by atoms with Gasteiger partial charge in [-0.25, -0.2) is 0 Å². The van der Waals surface area contributed by atoms with Gasteiger partial charge in [-0.3, -0.25) is 0 Å². The molecule has 3 nitrogen and oxygen atoms in total. The molecule has 0 bridgehead atoms. The van der Waals surface area contributed by atoms with Crippen molar-refractivity contribution in [3.63, 3.8) is 0 Å². The van der Waals surface area contributed by atoms with Gasteiger partial charge in [-0.1, -0.05) is 19.1 Å². The molecule has 1 unspecified atom stereocenters. The molecule has 4 heteroatoms. The molecule has 1 aliphatic heterocycles. The van der Waals surface area contributed by atoms with E-state index in [1.54, 1.807) is 0 Å². The SMILES string of the molecule is Cc1cccc(NC(=S)NCCCN2CCCC(C)C2)c1. The van der Waals surface area contributed by atoms with Crippen LogP contribution in [0.2, 0.25) is 0 Å². The van der Waals surface area contributed by atoms with Gasteiger partial charge in [0.25, 0.3) is 0 Å². The predicted molar refractivity (Wildman–Crippen MR) is 94.9 cm³/mol. The third-order valence-corrected chi connectivity index (χ3v) is 4.20. The monoisotopic (exact) mass is 305 g/mol. The maximum Gasteiger partial charge on any atom is 0.170 e. The minimum Gasteiger partial charge on any atom is -0.362 e. The van der Waals surface area contributed by atoms with Crippen LogP contribution >= 0.6 is 12.2 Å². The maximum atomic E-state index is 5.33. The highest BCUT2D eigenvalue weighted by Crippen LogP contribution is 2.15. The predicted octanol–water partition coefficient (Wildman–Crippen LogP) is 3.40. The van der Waals surface area contributed by atoms with Crippen LogP contribution in [0, 0.1) is 12.8 Å². The van der Waals surface area contributed by atoms with E-state index in [-0.39, 0.29) is 0 Å². The number of thiocarbonyl (C=S) groups is 1. The smallest absolute Gasteiger partial charge is 0.170 e. The summed E-state index contributed by atoms with van der Waals surface area (Å²) in [6.45, 7) is 9.06. The molecule has 1 aromatic rings. The summed E-state index contributed by atoms with van der Waals surface area (Å²) in [7, 11) is 0. The second-order valence-electron chi connectivity index (χ2n) is 6.15. The number of anilines is 1. The fraction of sp³-hybridized carbons (Fsp3) is 0.588. The van der Waals surface area contributed by atoms with E-state index >= 15 is 0 Å². The van der Waals surface area contributed by atoms with Crippen molar-refractivity contribution in [3.8, 4) is 0 Å². The molecule has 1 aromatic carbocycles. The molecule has 0 aromatic heterocycles. The lowest BCUT2D eigenvalue weighted by Gasteiger charge is -2.30. The van der Waals surface area contributed by atoms with Gasteiger partial charge in [-0.05, 0) is 75.1 Å². The van der Waals surface area contributed by atoms with E-state index in [1.165, 1.54) is 38.0 Å². The number of aryl methyl sites for hydroxylation is 1. The van der Waals surface area contributed by atoms with Crippen LogP contribution in [-0.4, -0.2) is 36.2 Å². The Balaban J connectivity index is 1.61. The number of benzene rings is 1. The van der Waals surface area contributed by atoms with Gasteiger partial charge in [0.05, 0.1) is 0 Å². The molecule has 1 heterocycles. The molecule has 2 rings (SSSR count). The minimum absolute atomic E-state index is 0.715. The average Bonchev–Trinajstić information content (AvgIpc) is 2.44. The lowest BCUT2D eigenvalue weighted by atomic mass is 10.0. The first-order valence-electron chi connectivity index (χ1n) is 7.97. The summed E-state index contributed by atoms with van der Waals surface area (Å²) in [5.41, 5.74) is 2.29. The number of rotatable bonds is 5. The molecule has 2 N–H and O–H groups in total. The van der Waals surface area contributed by atoms with E-state index in [4.69, 9.17) is 12.2 Å². The molecule has 1 aliphatic rings. The zero-order valence-corrected chi connectivity index (χ0v) is 14.0. The molecule has 21 heavy (non-hydrogen) atoms. The maximum absolute atomic E-state index is 5.33. The van der Waals surface area contributed by atoms with Crippen molar-refractivity contribution in [3.05, 3.63) is 29.8 Å². The van der Waals surface area contributed by atoms with Gasteiger partial charge in [-0.2, -0.15) is 0 Å². The molecular weight excluding hydrogens is 278 g/mol. The number of hydrogen-bond acceptors (Lipinski definition) is 2. The quantitative estimate of drug-likeness (QED) is 0.644. The first kappa shape index (κ1) is 16.2. The van der Waals surface area contributed by atoms with Gasteiger partial charge in [0.2, 0.25) is 0 Å². The van der Waals surface area contributed by atoms with Crippen molar-refractivity contribution in [1.29, 1.82) is 0 Å². The molecule has 0 aliphatic carbocycles. The number of hydrogen-bond donors (Lipinski definition) is 2. The Hall–Kier alpha value is -1.13. The Morgan fingerprint density at radius 2 is 2.29 bits per heavy atom. The summed E-state index contributed by atoms with van der Waals surface area (Å²) in [5.74, 6) is 0.857. The number of nitrogens with zero attached hydrogens (tertiary/aromatic N) is 1. The molecule has 1 saturated heterocycles. The van der Waals surface area contributed by atoms with E-state index < -0.39 is 0 Å². The Morgan fingerprint density at radius 1 is 1.43 bits per heavy atom. The lowest BCUT2D eigenvalue weighted by molar-refractivity contribution is 0.182. The van der Waals surface area contributed by atoms with Crippen molar-refractivity contribution >= 4 is 23.0 Å². The highest BCUT2D eigenvalue weighted by molar-refractivity contribution is 7.80. The third-order valence-electron chi connectivity index (χ3n) is 3.95. The lowest BCUT2D eigenvalue weighted by Crippen LogP contribution is -2.37. The van der Waals surface area contributed by atoms with Crippen LogP contribution in [0.5, 0.6) is 0 Å². The molecule has 0 amide bonds. The third kappa shape index (κ3) is 6.02. The normalized spacial score (nSPS) is 19.2. The molecule has 0 radical (unpaired) electrons. The molecule has 1 atom stereocenters. The number of likely N-dealkylation sites (tertiary alicyclic amines) is 1. The van der Waals surface area contributed by atoms with Crippen molar-refractivity contribution < 1.29 is 0 Å². The van der Waals surface area contributed by atoms with Crippen molar-refractivity contribution in [2.24, 2.45) is 5.92 Å². The summed E-state index contributed by atoms with van der Waals surface area (Å²) in [6, 6.07) is 8.26. The van der Waals surface area contributed by atoms with Crippen molar-refractivity contribution in [2.75, 3.05) is 31.5 Å². The van der Waals surface area contributed by atoms with Crippen LogP contribution in [0.15, 0.2) is 24.3 Å². The highest BCUT2D eigenvalue weighted by Gasteiger charge is 2.15. The average molecular weight is 305 g/mol. The van der Waals surface area contributed by atoms with Crippen molar-refractivity contribution in [1.82, 2.24) is 10.2 Å². The highest BCUT2D eigenvalue weighted by atomic mass is 32.1. The van der Waals surface area contributed by atoms with Crippen LogP contribution in [-0.2, 0) is 0 Å². The molecule has 1 fully saturated rings. The summed E-state index contributed by atoms with van der Waals surface area (Å²) < 4.78 is 0. The van der Waals surface area contributed by atoms with Crippen LogP contribution in [0.25, 0.3) is 0 Å². The summed E-state index contributed by atoms with van der Waals surface area (Å²) in [5, 5.41) is 7.25. The van der Waals surface area contributed by atoms with E-state index in [0.29, 0.717) is 5.11 Å². The van der Waals surface area contributed by atoms with Gasteiger partial charge >= 0.3 is 0 Å². The fourth-order valence-electron chi connectivity index (χ4n) is 2.89. The first-order chi connectivity index (χ1) is 10.1.